The number of hydrogen-bond acceptors (Lipinski definition) is 5. The number of hydrogen-bond donors (Lipinski definition) is 0. The third-order valence-electron chi connectivity index (χ3n) is 5.85. The van der Waals surface area contributed by atoms with Gasteiger partial charge in [0.25, 0.3) is 0 Å². The fraction of sp³-hybridized carbons (Fsp3) is 0.292. The highest BCUT2D eigenvalue weighted by atomic mass is 35.5. The lowest BCUT2D eigenvalue weighted by Gasteiger charge is -2.23. The van der Waals surface area contributed by atoms with Gasteiger partial charge in [-0.3, -0.25) is 0 Å². The highest BCUT2D eigenvalue weighted by Gasteiger charge is 2.37. The van der Waals surface area contributed by atoms with E-state index in [0.717, 1.165) is 24.8 Å². The molecule has 1 aromatic heterocycles. The second kappa shape index (κ2) is 8.96. The number of benzene rings is 2. The molecule has 0 N–H and O–H groups in total. The maximum atomic E-state index is 13.7. The first-order valence-corrected chi connectivity index (χ1v) is 13.9. The molecule has 1 aliphatic rings. The standard InChI is InChI=1S/C24H24ClNO4S2/c1-17-16-22(18-8-4-2-5-9-18)26-24(32(29,30)20-10-6-3-7-11-20)23(17)31(27,28)21-14-12-19(25)13-15-21/h2,4-5,8-9,12-16,20H,3,6-7,10-11H2,1H3. The second-order valence-electron chi connectivity index (χ2n) is 8.09. The average Bonchev–Trinajstić information content (AvgIpc) is 2.80. The quantitative estimate of drug-likeness (QED) is 0.462. The summed E-state index contributed by atoms with van der Waals surface area (Å²) in [5.74, 6) is 0. The predicted molar refractivity (Wildman–Crippen MR) is 125 cm³/mol. The SMILES string of the molecule is Cc1cc(-c2ccccc2)nc(S(=O)(=O)C2CCCCC2)c1S(=O)(=O)c1ccc(Cl)cc1. The third kappa shape index (κ3) is 4.34. The van der Waals surface area contributed by atoms with Crippen LogP contribution in [0.25, 0.3) is 11.3 Å². The predicted octanol–water partition coefficient (Wildman–Crippen LogP) is 5.65. The minimum absolute atomic E-state index is 0.0145. The Morgan fingerprint density at radius 2 is 1.50 bits per heavy atom. The van der Waals surface area contributed by atoms with Crippen molar-refractivity contribution in [3.8, 4) is 11.3 Å². The van der Waals surface area contributed by atoms with Gasteiger partial charge in [0.05, 0.1) is 15.8 Å². The van der Waals surface area contributed by atoms with E-state index in [4.69, 9.17) is 11.6 Å². The molecule has 1 fully saturated rings. The van der Waals surface area contributed by atoms with Crippen LogP contribution in [0.5, 0.6) is 0 Å². The van der Waals surface area contributed by atoms with E-state index in [1.165, 1.54) is 24.3 Å². The van der Waals surface area contributed by atoms with E-state index in [1.807, 2.05) is 30.3 Å². The molecule has 5 nitrogen and oxygen atoms in total. The van der Waals surface area contributed by atoms with Crippen molar-refractivity contribution in [2.24, 2.45) is 0 Å². The van der Waals surface area contributed by atoms with Crippen molar-refractivity contribution >= 4 is 31.3 Å². The van der Waals surface area contributed by atoms with Gasteiger partial charge in [0.2, 0.25) is 9.84 Å². The van der Waals surface area contributed by atoms with Gasteiger partial charge in [-0.05, 0) is 55.7 Å². The lowest BCUT2D eigenvalue weighted by atomic mass is 10.0. The van der Waals surface area contributed by atoms with Crippen LogP contribution >= 0.6 is 11.6 Å². The summed E-state index contributed by atoms with van der Waals surface area (Å²) in [6.45, 7) is 1.62. The van der Waals surface area contributed by atoms with Crippen molar-refractivity contribution in [2.75, 3.05) is 0 Å². The van der Waals surface area contributed by atoms with Gasteiger partial charge in [-0.25, -0.2) is 21.8 Å². The first kappa shape index (κ1) is 23.0. The maximum absolute atomic E-state index is 13.7. The molecule has 2 aromatic carbocycles. The van der Waals surface area contributed by atoms with Gasteiger partial charge >= 0.3 is 0 Å². The Morgan fingerprint density at radius 3 is 2.12 bits per heavy atom. The van der Waals surface area contributed by atoms with Crippen molar-refractivity contribution in [3.63, 3.8) is 0 Å². The van der Waals surface area contributed by atoms with Gasteiger partial charge in [0, 0.05) is 10.6 Å². The second-order valence-corrected chi connectivity index (χ2v) is 12.6. The van der Waals surface area contributed by atoms with E-state index in [9.17, 15) is 16.8 Å². The van der Waals surface area contributed by atoms with Crippen molar-refractivity contribution in [1.82, 2.24) is 4.98 Å². The van der Waals surface area contributed by atoms with Crippen molar-refractivity contribution < 1.29 is 16.8 Å². The van der Waals surface area contributed by atoms with E-state index in [2.05, 4.69) is 4.98 Å². The number of pyridine rings is 1. The zero-order valence-electron chi connectivity index (χ0n) is 17.7. The van der Waals surface area contributed by atoms with Crippen LogP contribution in [0.3, 0.4) is 0 Å². The van der Waals surface area contributed by atoms with Crippen LogP contribution < -0.4 is 0 Å². The molecule has 0 amide bonds. The molecular weight excluding hydrogens is 466 g/mol. The van der Waals surface area contributed by atoms with Gasteiger partial charge < -0.3 is 0 Å². The molecule has 0 unspecified atom stereocenters. The molecule has 0 bridgehead atoms. The number of rotatable bonds is 5. The molecule has 1 aliphatic carbocycles. The molecule has 3 aromatic rings. The molecule has 0 aliphatic heterocycles. The highest BCUT2D eigenvalue weighted by Crippen LogP contribution is 2.36. The first-order valence-electron chi connectivity index (χ1n) is 10.5. The molecule has 0 atom stereocenters. The Balaban J connectivity index is 1.98. The summed E-state index contributed by atoms with van der Waals surface area (Å²) in [7, 11) is -8.10. The van der Waals surface area contributed by atoms with Crippen LogP contribution in [-0.2, 0) is 19.7 Å². The molecule has 1 saturated carbocycles. The van der Waals surface area contributed by atoms with Gasteiger partial charge in [-0.2, -0.15) is 0 Å². The fourth-order valence-corrected chi connectivity index (χ4v) is 8.38. The van der Waals surface area contributed by atoms with Crippen LogP contribution in [-0.4, -0.2) is 27.1 Å². The number of halogens is 1. The van der Waals surface area contributed by atoms with Crippen molar-refractivity contribution in [3.05, 3.63) is 71.2 Å². The van der Waals surface area contributed by atoms with Crippen LogP contribution in [0, 0.1) is 6.92 Å². The van der Waals surface area contributed by atoms with E-state index < -0.39 is 24.9 Å². The molecule has 0 saturated heterocycles. The minimum Gasteiger partial charge on any atom is -0.235 e. The van der Waals surface area contributed by atoms with Gasteiger partial charge in [0.1, 0.15) is 4.90 Å². The summed E-state index contributed by atoms with van der Waals surface area (Å²) < 4.78 is 54.7. The Bertz CT molecular complexity index is 1330. The van der Waals surface area contributed by atoms with E-state index >= 15 is 0 Å². The first-order chi connectivity index (χ1) is 15.2. The maximum Gasteiger partial charge on any atom is 0.209 e. The largest absolute Gasteiger partial charge is 0.235 e. The molecule has 8 heteroatoms. The van der Waals surface area contributed by atoms with E-state index in [-0.39, 0.29) is 14.8 Å². The summed E-state index contributed by atoms with van der Waals surface area (Å²) >= 11 is 5.93. The van der Waals surface area contributed by atoms with Crippen molar-refractivity contribution in [1.29, 1.82) is 0 Å². The zero-order chi connectivity index (χ0) is 22.9. The highest BCUT2D eigenvalue weighted by molar-refractivity contribution is 7.94. The third-order valence-corrected chi connectivity index (χ3v) is 10.4. The van der Waals surface area contributed by atoms with Gasteiger partial charge in [-0.1, -0.05) is 61.2 Å². The Kier molecular flexibility index (Phi) is 6.43. The molecule has 32 heavy (non-hydrogen) atoms. The molecular formula is C24H24ClNO4S2. The van der Waals surface area contributed by atoms with Crippen LogP contribution in [0.4, 0.5) is 0 Å². The van der Waals surface area contributed by atoms with Gasteiger partial charge in [-0.15, -0.1) is 0 Å². The van der Waals surface area contributed by atoms with Crippen LogP contribution in [0.2, 0.25) is 5.02 Å². The molecule has 0 spiro atoms. The molecule has 168 valence electrons. The van der Waals surface area contributed by atoms with E-state index in [1.54, 1.807) is 13.0 Å². The monoisotopic (exact) mass is 489 g/mol. The van der Waals surface area contributed by atoms with Gasteiger partial charge in [0.15, 0.2) is 14.9 Å². The number of nitrogens with zero attached hydrogens (tertiary/aromatic N) is 1. The number of aryl methyl sites for hydroxylation is 1. The summed E-state index contributed by atoms with van der Waals surface area (Å²) in [6.07, 6.45) is 3.62. The summed E-state index contributed by atoms with van der Waals surface area (Å²) in [4.78, 5) is 4.21. The fourth-order valence-electron chi connectivity index (χ4n) is 4.17. The normalized spacial score (nSPS) is 15.6. The Hall–Kier alpha value is -2.22. The van der Waals surface area contributed by atoms with Crippen LogP contribution in [0.15, 0.2) is 75.5 Å². The Labute approximate surface area is 194 Å². The summed E-state index contributed by atoms with van der Waals surface area (Å²) in [5, 5.41) is -0.584. The Morgan fingerprint density at radius 1 is 0.875 bits per heavy atom. The average molecular weight is 490 g/mol. The summed E-state index contributed by atoms with van der Waals surface area (Å²) in [5.41, 5.74) is 1.52. The smallest absolute Gasteiger partial charge is 0.209 e. The summed E-state index contributed by atoms with van der Waals surface area (Å²) in [6, 6.07) is 16.5. The molecule has 0 radical (unpaired) electrons. The molecule has 1 heterocycles. The zero-order valence-corrected chi connectivity index (χ0v) is 20.0. The van der Waals surface area contributed by atoms with Crippen LogP contribution in [0.1, 0.15) is 37.7 Å². The van der Waals surface area contributed by atoms with E-state index in [0.29, 0.717) is 29.1 Å². The minimum atomic E-state index is -4.14. The lowest BCUT2D eigenvalue weighted by molar-refractivity contribution is 0.480. The lowest BCUT2D eigenvalue weighted by Crippen LogP contribution is -2.27. The van der Waals surface area contributed by atoms with Crippen molar-refractivity contribution in [2.45, 2.75) is 59.1 Å². The topological polar surface area (TPSA) is 81.2 Å². The molecule has 4 rings (SSSR count). The number of aromatic nitrogens is 1. The number of sulfone groups is 2.